The molecule has 0 aliphatic heterocycles. The van der Waals surface area contributed by atoms with Crippen LogP contribution in [0, 0.1) is 0 Å². The lowest BCUT2D eigenvalue weighted by Crippen LogP contribution is -2.37. The number of fused-ring (bicyclic) bond motifs is 4. The van der Waals surface area contributed by atoms with Gasteiger partial charge >= 0.3 is 0 Å². The minimum Gasteiger partial charge on any atom is -0.268 e. The van der Waals surface area contributed by atoms with Crippen molar-refractivity contribution in [3.63, 3.8) is 0 Å². The second-order valence-electron chi connectivity index (χ2n) is 8.20. The highest BCUT2D eigenvalue weighted by Gasteiger charge is 2.38. The van der Waals surface area contributed by atoms with Gasteiger partial charge in [-0.1, -0.05) is 80.2 Å². The molecule has 0 amide bonds. The molecule has 1 aliphatic rings. The van der Waals surface area contributed by atoms with Gasteiger partial charge in [0.2, 0.25) is 5.78 Å². The van der Waals surface area contributed by atoms with Crippen LogP contribution in [0.25, 0.3) is 17.0 Å². The van der Waals surface area contributed by atoms with Crippen LogP contribution in [0.2, 0.25) is 0 Å². The van der Waals surface area contributed by atoms with E-state index in [-0.39, 0.29) is 11.0 Å². The van der Waals surface area contributed by atoms with Crippen LogP contribution in [0.15, 0.2) is 64.5 Å². The van der Waals surface area contributed by atoms with Gasteiger partial charge in [-0.25, -0.2) is 14.1 Å². The Hall–Kier alpha value is -2.86. The molecule has 0 fully saturated rings. The summed E-state index contributed by atoms with van der Waals surface area (Å²) in [6.07, 6.45) is 1.73. The molecule has 152 valence electrons. The van der Waals surface area contributed by atoms with Gasteiger partial charge < -0.3 is 0 Å². The smallest absolute Gasteiger partial charge is 0.265 e. The van der Waals surface area contributed by atoms with Crippen molar-refractivity contribution < 1.29 is 0 Å². The molecule has 0 saturated heterocycles. The van der Waals surface area contributed by atoms with E-state index in [1.54, 1.807) is 20.8 Å². The highest BCUT2D eigenvalue weighted by molar-refractivity contribution is 7.98. The van der Waals surface area contributed by atoms with Gasteiger partial charge in [-0.3, -0.25) is 4.79 Å². The van der Waals surface area contributed by atoms with Crippen LogP contribution >= 0.6 is 11.8 Å². The first-order valence-electron chi connectivity index (χ1n) is 10.3. The largest absolute Gasteiger partial charge is 0.268 e. The van der Waals surface area contributed by atoms with E-state index in [1.807, 2.05) is 31.3 Å². The fraction of sp³-hybridized carbons (Fsp3) is 0.292. The lowest BCUT2D eigenvalue weighted by Gasteiger charge is -2.34. The molecule has 0 unspecified atom stereocenters. The summed E-state index contributed by atoms with van der Waals surface area (Å²) in [6, 6.07) is 18.6. The molecule has 0 radical (unpaired) electrons. The van der Waals surface area contributed by atoms with Crippen molar-refractivity contribution in [2.24, 2.45) is 7.05 Å². The van der Waals surface area contributed by atoms with Gasteiger partial charge in [0.25, 0.3) is 5.56 Å². The molecule has 1 aliphatic carbocycles. The van der Waals surface area contributed by atoms with Crippen molar-refractivity contribution in [1.82, 2.24) is 19.2 Å². The van der Waals surface area contributed by atoms with Crippen molar-refractivity contribution in [2.45, 2.75) is 43.0 Å². The fourth-order valence-electron chi connectivity index (χ4n) is 4.39. The summed E-state index contributed by atoms with van der Waals surface area (Å²) in [5.74, 6) is 1.34. The van der Waals surface area contributed by atoms with Gasteiger partial charge in [0, 0.05) is 23.8 Å². The summed E-state index contributed by atoms with van der Waals surface area (Å²) >= 11 is 1.57. The highest BCUT2D eigenvalue weighted by atomic mass is 32.2. The first-order chi connectivity index (χ1) is 14.5. The van der Waals surface area contributed by atoms with Crippen LogP contribution in [-0.4, -0.2) is 19.2 Å². The number of aryl methyl sites for hydroxylation is 1. The molecule has 1 atom stereocenters. The molecular formula is C24H24N4OS. The average molecular weight is 417 g/mol. The maximum atomic E-state index is 13.9. The van der Waals surface area contributed by atoms with Crippen molar-refractivity contribution in [1.29, 1.82) is 0 Å². The Morgan fingerprint density at radius 3 is 2.60 bits per heavy atom. The van der Waals surface area contributed by atoms with Crippen molar-refractivity contribution in [2.75, 3.05) is 0 Å². The molecule has 0 bridgehead atoms. The van der Waals surface area contributed by atoms with E-state index in [0.29, 0.717) is 10.9 Å². The molecular weight excluding hydrogens is 392 g/mol. The Labute approximate surface area is 179 Å². The van der Waals surface area contributed by atoms with Gasteiger partial charge in [0.05, 0.1) is 11.3 Å². The van der Waals surface area contributed by atoms with Crippen molar-refractivity contribution >= 4 is 17.5 Å². The number of rotatable bonds is 4. The predicted molar refractivity (Wildman–Crippen MR) is 121 cm³/mol. The fourth-order valence-corrected chi connectivity index (χ4v) is 5.35. The van der Waals surface area contributed by atoms with Gasteiger partial charge in [-0.05, 0) is 24.0 Å². The lowest BCUT2D eigenvalue weighted by atomic mass is 9.69. The number of thioether (sulfide) groups is 1. The van der Waals surface area contributed by atoms with Crippen molar-refractivity contribution in [3.8, 4) is 11.3 Å². The van der Waals surface area contributed by atoms with Crippen molar-refractivity contribution in [3.05, 3.63) is 81.6 Å². The van der Waals surface area contributed by atoms with E-state index in [4.69, 9.17) is 4.98 Å². The molecule has 4 aromatic rings. The van der Waals surface area contributed by atoms with E-state index in [9.17, 15) is 4.79 Å². The molecule has 0 spiro atoms. The third-order valence-electron chi connectivity index (χ3n) is 6.23. The van der Waals surface area contributed by atoms with E-state index in [0.717, 1.165) is 35.4 Å². The monoisotopic (exact) mass is 416 g/mol. The zero-order valence-corrected chi connectivity index (χ0v) is 18.2. The Kier molecular flexibility index (Phi) is 4.54. The Bertz CT molecular complexity index is 1310. The van der Waals surface area contributed by atoms with Crippen LogP contribution in [-0.2, 0) is 24.6 Å². The van der Waals surface area contributed by atoms with E-state index in [1.165, 1.54) is 11.1 Å². The summed E-state index contributed by atoms with van der Waals surface area (Å²) < 4.78 is 3.42. The van der Waals surface area contributed by atoms with Crippen LogP contribution in [0.5, 0.6) is 0 Å². The molecule has 2 heterocycles. The zero-order chi connectivity index (χ0) is 20.9. The maximum Gasteiger partial charge on any atom is 0.265 e. The standard InChI is InChI=1S/C24H24N4OS/c1-4-24(2)14-17-12-8-9-13-18(17)20-19(24)21(29)28-22(25-20)27(3)26-23(28)30-15-16-10-6-5-7-11-16/h5-13H,4,14-15H2,1-3H3/t24-/m0/s1. The molecule has 6 heteroatoms. The molecule has 0 saturated carbocycles. The quantitative estimate of drug-likeness (QED) is 0.456. The summed E-state index contributed by atoms with van der Waals surface area (Å²) in [5.41, 5.74) is 4.92. The maximum absolute atomic E-state index is 13.9. The predicted octanol–water partition coefficient (Wildman–Crippen LogP) is 4.61. The summed E-state index contributed by atoms with van der Waals surface area (Å²) in [6.45, 7) is 4.34. The molecule has 0 N–H and O–H groups in total. The summed E-state index contributed by atoms with van der Waals surface area (Å²) in [5, 5.41) is 5.34. The van der Waals surface area contributed by atoms with Crippen LogP contribution in [0.4, 0.5) is 0 Å². The lowest BCUT2D eigenvalue weighted by molar-refractivity contribution is 0.439. The highest BCUT2D eigenvalue weighted by Crippen LogP contribution is 2.42. The molecule has 5 rings (SSSR count). The van der Waals surface area contributed by atoms with E-state index < -0.39 is 0 Å². The number of benzene rings is 2. The van der Waals surface area contributed by atoms with Gasteiger partial charge in [-0.2, -0.15) is 0 Å². The molecule has 30 heavy (non-hydrogen) atoms. The average Bonchev–Trinajstić information content (AvgIpc) is 3.09. The second-order valence-corrected chi connectivity index (χ2v) is 9.15. The van der Waals surface area contributed by atoms with Crippen LogP contribution < -0.4 is 5.56 Å². The van der Waals surface area contributed by atoms with E-state index in [2.05, 4.69) is 49.3 Å². The van der Waals surface area contributed by atoms with Gasteiger partial charge in [0.15, 0.2) is 5.16 Å². The first-order valence-corrected chi connectivity index (χ1v) is 11.3. The second kappa shape index (κ2) is 7.13. The number of hydrogen-bond acceptors (Lipinski definition) is 4. The van der Waals surface area contributed by atoms with Gasteiger partial charge in [0.1, 0.15) is 0 Å². The Balaban J connectivity index is 1.72. The third-order valence-corrected chi connectivity index (χ3v) is 7.23. The SMILES string of the molecule is CC[C@@]1(C)Cc2ccccc2-c2nc3n(C)nc(SCc4ccccc4)n3c(=O)c21. The minimum atomic E-state index is -0.244. The summed E-state index contributed by atoms with van der Waals surface area (Å²) in [7, 11) is 1.86. The number of nitrogens with zero attached hydrogens (tertiary/aromatic N) is 4. The molecule has 2 aromatic heterocycles. The third kappa shape index (κ3) is 2.89. The number of aromatic nitrogens is 4. The van der Waals surface area contributed by atoms with E-state index >= 15 is 0 Å². The Morgan fingerprint density at radius 1 is 1.10 bits per heavy atom. The molecule has 5 nitrogen and oxygen atoms in total. The first kappa shape index (κ1) is 19.1. The normalized spacial score (nSPS) is 17.7. The number of hydrogen-bond donors (Lipinski definition) is 0. The van der Waals surface area contributed by atoms with Crippen LogP contribution in [0.1, 0.15) is 37.0 Å². The molecule has 2 aromatic carbocycles. The topological polar surface area (TPSA) is 52.2 Å². The zero-order valence-electron chi connectivity index (χ0n) is 17.4. The minimum absolute atomic E-state index is 0.0116. The summed E-state index contributed by atoms with van der Waals surface area (Å²) in [4.78, 5) is 18.8. The van der Waals surface area contributed by atoms with Gasteiger partial charge in [-0.15, -0.1) is 5.10 Å². The Morgan fingerprint density at radius 2 is 1.83 bits per heavy atom. The van der Waals surface area contributed by atoms with Crippen LogP contribution in [0.3, 0.4) is 0 Å².